The van der Waals surface area contributed by atoms with Crippen molar-refractivity contribution in [1.29, 1.82) is 0 Å². The highest BCUT2D eigenvalue weighted by atomic mass is 35.5. The first-order valence-corrected chi connectivity index (χ1v) is 8.39. The summed E-state index contributed by atoms with van der Waals surface area (Å²) in [5, 5.41) is 5.33. The van der Waals surface area contributed by atoms with Crippen LogP contribution in [0.25, 0.3) is 0 Å². The number of amides is 1. The minimum absolute atomic E-state index is 0.158. The molecule has 0 atom stereocenters. The van der Waals surface area contributed by atoms with E-state index in [2.05, 4.69) is 11.4 Å². The standard InChI is InChI=1S/C16H16ClNO3S/c17-13-9-11(10-14-15(13)21-7-2-6-20-14)16(19)18-5-4-12-3-1-8-22-12/h1,3,8-10H,2,4-7H2,(H,18,19). The van der Waals surface area contributed by atoms with Crippen molar-refractivity contribution in [2.24, 2.45) is 0 Å². The Labute approximate surface area is 138 Å². The second kappa shape index (κ2) is 7.03. The summed E-state index contributed by atoms with van der Waals surface area (Å²) >= 11 is 7.88. The number of benzene rings is 1. The lowest BCUT2D eigenvalue weighted by molar-refractivity contribution is 0.0953. The van der Waals surface area contributed by atoms with Crippen molar-refractivity contribution in [3.05, 3.63) is 45.1 Å². The number of fused-ring (bicyclic) bond motifs is 1. The summed E-state index contributed by atoms with van der Waals surface area (Å²) in [6.07, 6.45) is 1.62. The van der Waals surface area contributed by atoms with E-state index in [0.717, 1.165) is 12.8 Å². The van der Waals surface area contributed by atoms with Crippen molar-refractivity contribution in [1.82, 2.24) is 5.32 Å². The van der Waals surface area contributed by atoms with Crippen molar-refractivity contribution in [2.75, 3.05) is 19.8 Å². The van der Waals surface area contributed by atoms with E-state index < -0.39 is 0 Å². The Morgan fingerprint density at radius 2 is 2.18 bits per heavy atom. The van der Waals surface area contributed by atoms with Gasteiger partial charge in [-0.05, 0) is 30.0 Å². The van der Waals surface area contributed by atoms with Gasteiger partial charge in [-0.25, -0.2) is 0 Å². The molecule has 6 heteroatoms. The summed E-state index contributed by atoms with van der Waals surface area (Å²) in [6, 6.07) is 7.37. The zero-order valence-electron chi connectivity index (χ0n) is 11.9. The molecule has 1 aromatic carbocycles. The predicted molar refractivity (Wildman–Crippen MR) is 87.4 cm³/mol. The third-order valence-corrected chi connectivity index (χ3v) is 4.52. The number of carbonyl (C=O) groups excluding carboxylic acids is 1. The number of hydrogen-bond donors (Lipinski definition) is 1. The van der Waals surface area contributed by atoms with Crippen molar-refractivity contribution < 1.29 is 14.3 Å². The molecule has 2 aromatic rings. The van der Waals surface area contributed by atoms with E-state index in [1.54, 1.807) is 23.5 Å². The summed E-state index contributed by atoms with van der Waals surface area (Å²) in [4.78, 5) is 13.5. The average molecular weight is 338 g/mol. The number of carbonyl (C=O) groups is 1. The van der Waals surface area contributed by atoms with Gasteiger partial charge in [0.2, 0.25) is 0 Å². The smallest absolute Gasteiger partial charge is 0.251 e. The normalized spacial score (nSPS) is 13.5. The zero-order chi connectivity index (χ0) is 15.4. The van der Waals surface area contributed by atoms with Crippen molar-refractivity contribution in [2.45, 2.75) is 12.8 Å². The first-order valence-electron chi connectivity index (χ1n) is 7.14. The summed E-state index contributed by atoms with van der Waals surface area (Å²) in [5.41, 5.74) is 0.487. The number of thiophene rings is 1. The molecule has 1 amide bonds. The van der Waals surface area contributed by atoms with Crippen LogP contribution in [0.2, 0.25) is 5.02 Å². The maximum absolute atomic E-state index is 12.2. The molecule has 1 aromatic heterocycles. The Bertz CT molecular complexity index is 658. The van der Waals surface area contributed by atoms with E-state index in [0.29, 0.717) is 41.8 Å². The van der Waals surface area contributed by atoms with Crippen molar-refractivity contribution in [3.63, 3.8) is 0 Å². The first kappa shape index (κ1) is 15.2. The van der Waals surface area contributed by atoms with Crippen LogP contribution in [0.3, 0.4) is 0 Å². The van der Waals surface area contributed by atoms with Gasteiger partial charge < -0.3 is 14.8 Å². The van der Waals surface area contributed by atoms with Crippen LogP contribution in [0.5, 0.6) is 11.5 Å². The molecular weight excluding hydrogens is 322 g/mol. The van der Waals surface area contributed by atoms with E-state index in [9.17, 15) is 4.79 Å². The van der Waals surface area contributed by atoms with Crippen LogP contribution in [0.15, 0.2) is 29.6 Å². The lowest BCUT2D eigenvalue weighted by Gasteiger charge is -2.11. The summed E-state index contributed by atoms with van der Waals surface area (Å²) in [5.74, 6) is 0.900. The Hall–Kier alpha value is -1.72. The second-order valence-corrected chi connectivity index (χ2v) is 6.36. The topological polar surface area (TPSA) is 47.6 Å². The number of rotatable bonds is 4. The van der Waals surface area contributed by atoms with Crippen LogP contribution in [0, 0.1) is 0 Å². The van der Waals surface area contributed by atoms with Gasteiger partial charge in [0.15, 0.2) is 11.5 Å². The highest BCUT2D eigenvalue weighted by Crippen LogP contribution is 2.37. The molecule has 3 rings (SSSR count). The molecule has 0 spiro atoms. The number of halogens is 1. The maximum atomic E-state index is 12.2. The Balaban J connectivity index is 1.67. The molecule has 0 aliphatic carbocycles. The summed E-state index contributed by atoms with van der Waals surface area (Å²) in [6.45, 7) is 1.72. The Morgan fingerprint density at radius 3 is 3.00 bits per heavy atom. The van der Waals surface area contributed by atoms with Gasteiger partial charge in [-0.1, -0.05) is 17.7 Å². The molecule has 1 N–H and O–H groups in total. The Kier molecular flexibility index (Phi) is 4.85. The lowest BCUT2D eigenvalue weighted by Crippen LogP contribution is -2.25. The monoisotopic (exact) mass is 337 g/mol. The van der Waals surface area contributed by atoms with Gasteiger partial charge in [-0.2, -0.15) is 0 Å². The highest BCUT2D eigenvalue weighted by Gasteiger charge is 2.18. The van der Waals surface area contributed by atoms with Crippen LogP contribution in [-0.4, -0.2) is 25.7 Å². The van der Waals surface area contributed by atoms with E-state index in [-0.39, 0.29) is 5.91 Å². The molecular formula is C16H16ClNO3S. The number of nitrogens with one attached hydrogen (secondary N) is 1. The van der Waals surface area contributed by atoms with Gasteiger partial charge in [-0.3, -0.25) is 4.79 Å². The van der Waals surface area contributed by atoms with Crippen LogP contribution in [-0.2, 0) is 6.42 Å². The van der Waals surface area contributed by atoms with Gasteiger partial charge in [0.1, 0.15) is 0 Å². The van der Waals surface area contributed by atoms with Crippen molar-refractivity contribution in [3.8, 4) is 11.5 Å². The van der Waals surface area contributed by atoms with E-state index in [4.69, 9.17) is 21.1 Å². The van der Waals surface area contributed by atoms with E-state index >= 15 is 0 Å². The molecule has 22 heavy (non-hydrogen) atoms. The maximum Gasteiger partial charge on any atom is 0.251 e. The van der Waals surface area contributed by atoms with Crippen molar-refractivity contribution >= 4 is 28.8 Å². The third-order valence-electron chi connectivity index (χ3n) is 3.30. The fraction of sp³-hybridized carbons (Fsp3) is 0.312. The van der Waals surface area contributed by atoms with Gasteiger partial charge in [0.05, 0.1) is 18.2 Å². The molecule has 0 saturated heterocycles. The zero-order valence-corrected chi connectivity index (χ0v) is 13.5. The fourth-order valence-electron chi connectivity index (χ4n) is 2.22. The molecule has 1 aliphatic heterocycles. The summed E-state index contributed by atoms with van der Waals surface area (Å²) in [7, 11) is 0. The van der Waals surface area contributed by atoms with E-state index in [1.807, 2.05) is 11.4 Å². The van der Waals surface area contributed by atoms with Gasteiger partial charge >= 0.3 is 0 Å². The molecule has 0 fully saturated rings. The molecule has 2 heterocycles. The minimum Gasteiger partial charge on any atom is -0.489 e. The van der Waals surface area contributed by atoms with Gasteiger partial charge in [0, 0.05) is 23.4 Å². The molecule has 0 bridgehead atoms. The summed E-state index contributed by atoms with van der Waals surface area (Å²) < 4.78 is 11.2. The van der Waals surface area contributed by atoms with Crippen LogP contribution in [0.1, 0.15) is 21.7 Å². The van der Waals surface area contributed by atoms with Gasteiger partial charge in [-0.15, -0.1) is 11.3 Å². The highest BCUT2D eigenvalue weighted by molar-refractivity contribution is 7.09. The second-order valence-electron chi connectivity index (χ2n) is 4.92. The first-order chi connectivity index (χ1) is 10.7. The molecule has 116 valence electrons. The predicted octanol–water partition coefficient (Wildman–Crippen LogP) is 3.54. The molecule has 0 radical (unpaired) electrons. The largest absolute Gasteiger partial charge is 0.489 e. The van der Waals surface area contributed by atoms with Gasteiger partial charge in [0.25, 0.3) is 5.91 Å². The number of hydrogen-bond acceptors (Lipinski definition) is 4. The fourth-order valence-corrected chi connectivity index (χ4v) is 3.19. The van der Waals surface area contributed by atoms with Crippen LogP contribution >= 0.6 is 22.9 Å². The quantitative estimate of drug-likeness (QED) is 0.928. The average Bonchev–Trinajstić information content (AvgIpc) is 2.90. The third kappa shape index (κ3) is 3.54. The molecule has 0 unspecified atom stereocenters. The van der Waals surface area contributed by atoms with Crippen LogP contribution < -0.4 is 14.8 Å². The molecule has 0 saturated carbocycles. The molecule has 1 aliphatic rings. The number of ether oxygens (including phenoxy) is 2. The Morgan fingerprint density at radius 1 is 1.32 bits per heavy atom. The van der Waals surface area contributed by atoms with Crippen LogP contribution in [0.4, 0.5) is 0 Å². The molecule has 4 nitrogen and oxygen atoms in total. The minimum atomic E-state index is -0.158. The lowest BCUT2D eigenvalue weighted by atomic mass is 10.2. The van der Waals surface area contributed by atoms with E-state index in [1.165, 1.54) is 4.88 Å². The SMILES string of the molecule is O=C(NCCc1cccs1)c1cc(Cl)c2c(c1)OCCCO2.